The number of epoxide rings is 1. The maximum absolute atomic E-state index is 13.0. The first-order valence-electron chi connectivity index (χ1n) is 13.1. The van der Waals surface area contributed by atoms with Crippen molar-refractivity contribution in [1.29, 1.82) is 0 Å². The van der Waals surface area contributed by atoms with Gasteiger partial charge in [0.1, 0.15) is 24.4 Å². The zero-order valence-corrected chi connectivity index (χ0v) is 23.8. The summed E-state index contributed by atoms with van der Waals surface area (Å²) in [5, 5.41) is 11.3. The Balaban J connectivity index is 2.09. The summed E-state index contributed by atoms with van der Waals surface area (Å²) in [4.78, 5) is 62.9. The molecule has 2 saturated heterocycles. The summed E-state index contributed by atoms with van der Waals surface area (Å²) in [7, 11) is 0. The van der Waals surface area contributed by atoms with E-state index in [-0.39, 0.29) is 6.42 Å². The highest BCUT2D eigenvalue weighted by atomic mass is 16.7. The van der Waals surface area contributed by atoms with E-state index in [1.165, 1.54) is 26.8 Å². The van der Waals surface area contributed by atoms with Gasteiger partial charge in [0.25, 0.3) is 0 Å². The average Bonchev–Trinajstić information content (AvgIpc) is 3.40. The fraction of sp³-hybridized carbons (Fsp3) is 0.679. The van der Waals surface area contributed by atoms with Crippen LogP contribution in [0, 0.1) is 11.3 Å². The highest BCUT2D eigenvalue weighted by Crippen LogP contribution is 2.65. The molecule has 220 valence electrons. The number of fused-ring (bicyclic) bond motifs is 1. The number of aliphatic hydroxyl groups excluding tert-OH is 1. The van der Waals surface area contributed by atoms with Crippen molar-refractivity contribution in [3.63, 3.8) is 0 Å². The first-order chi connectivity index (χ1) is 18.5. The molecule has 1 N–H and O–H groups in total. The molecule has 10 atom stereocenters. The molecule has 0 unspecified atom stereocenters. The maximum atomic E-state index is 13.0. The molecule has 2 aliphatic carbocycles. The molecule has 0 saturated carbocycles. The van der Waals surface area contributed by atoms with E-state index in [0.29, 0.717) is 11.1 Å². The molecular formula is C28H36O12. The van der Waals surface area contributed by atoms with Gasteiger partial charge in [0, 0.05) is 40.0 Å². The number of rotatable bonds is 4. The zero-order valence-electron chi connectivity index (χ0n) is 23.8. The Morgan fingerprint density at radius 1 is 0.850 bits per heavy atom. The van der Waals surface area contributed by atoms with Crippen LogP contribution in [0.4, 0.5) is 0 Å². The van der Waals surface area contributed by atoms with E-state index in [9.17, 15) is 29.1 Å². The van der Waals surface area contributed by atoms with E-state index in [1.54, 1.807) is 33.8 Å². The van der Waals surface area contributed by atoms with Gasteiger partial charge in [-0.2, -0.15) is 0 Å². The molecule has 4 aliphatic rings. The Morgan fingerprint density at radius 2 is 1.38 bits per heavy atom. The second-order valence-corrected chi connectivity index (χ2v) is 11.4. The van der Waals surface area contributed by atoms with Crippen molar-refractivity contribution in [3.05, 3.63) is 23.3 Å². The van der Waals surface area contributed by atoms with Crippen LogP contribution in [0.25, 0.3) is 0 Å². The Morgan fingerprint density at radius 3 is 1.90 bits per heavy atom. The fourth-order valence-electron chi connectivity index (χ4n) is 6.98. The number of aliphatic hydroxyl groups is 1. The van der Waals surface area contributed by atoms with E-state index in [0.717, 1.165) is 6.92 Å². The minimum atomic E-state index is -1.61. The summed E-state index contributed by atoms with van der Waals surface area (Å²) in [6, 6.07) is 0. The molecule has 1 spiro atoms. The first-order valence-corrected chi connectivity index (χ1v) is 13.1. The largest absolute Gasteiger partial charge is 0.459 e. The topological polar surface area (TPSA) is 164 Å². The Labute approximate surface area is 231 Å². The first kappa shape index (κ1) is 29.7. The third-order valence-corrected chi connectivity index (χ3v) is 8.60. The van der Waals surface area contributed by atoms with Crippen LogP contribution in [-0.2, 0) is 52.4 Å². The molecule has 2 aliphatic heterocycles. The van der Waals surface area contributed by atoms with E-state index in [2.05, 4.69) is 0 Å². The summed E-state index contributed by atoms with van der Waals surface area (Å²) >= 11 is 0. The van der Waals surface area contributed by atoms with Crippen molar-refractivity contribution in [2.45, 2.75) is 110 Å². The smallest absolute Gasteiger partial charge is 0.341 e. The van der Waals surface area contributed by atoms with Gasteiger partial charge in [0.15, 0.2) is 23.4 Å². The maximum Gasteiger partial charge on any atom is 0.341 e. The quantitative estimate of drug-likeness (QED) is 0.227. The third-order valence-electron chi connectivity index (χ3n) is 8.60. The lowest BCUT2D eigenvalue weighted by Crippen LogP contribution is -2.66. The van der Waals surface area contributed by atoms with Gasteiger partial charge < -0.3 is 33.5 Å². The van der Waals surface area contributed by atoms with Crippen LogP contribution < -0.4 is 0 Å². The van der Waals surface area contributed by atoms with E-state index in [4.69, 9.17) is 28.4 Å². The normalized spacial score (nSPS) is 43.2. The van der Waals surface area contributed by atoms with Crippen molar-refractivity contribution in [3.8, 4) is 0 Å². The molecule has 0 amide bonds. The van der Waals surface area contributed by atoms with Gasteiger partial charge in [0.05, 0.1) is 5.41 Å². The van der Waals surface area contributed by atoms with Crippen LogP contribution in [0.1, 0.15) is 61.8 Å². The van der Waals surface area contributed by atoms with Crippen LogP contribution in [0.5, 0.6) is 0 Å². The number of carbonyl (C=O) groups excluding carboxylic acids is 5. The van der Waals surface area contributed by atoms with Crippen LogP contribution in [0.3, 0.4) is 0 Å². The van der Waals surface area contributed by atoms with Gasteiger partial charge in [0.2, 0.25) is 0 Å². The Kier molecular flexibility index (Phi) is 7.42. The van der Waals surface area contributed by atoms with Crippen LogP contribution in [0.2, 0.25) is 0 Å². The predicted molar refractivity (Wildman–Crippen MR) is 134 cm³/mol. The monoisotopic (exact) mass is 564 g/mol. The third kappa shape index (κ3) is 4.41. The van der Waals surface area contributed by atoms with E-state index in [1.807, 2.05) is 0 Å². The standard InChI is InChI=1S/C28H36O12/c1-12-9-10-19-28(27(8,40-28)25(34)39-19)23(37-16(5)31)20-13(2)11-18(33)22(36-15(4)30)26(20,7)24(38-17(6)32)21(12)35-14(3)29/h9,11,18-24,33H,10H2,1-8H3/b12-9-/t18-,19-,20+,21-,22-,23+,24+,26+,27+,28+/m1/s1. The number of hydrogen-bond acceptors (Lipinski definition) is 12. The molecule has 12 heteroatoms. The second kappa shape index (κ2) is 9.99. The second-order valence-electron chi connectivity index (χ2n) is 11.4. The van der Waals surface area contributed by atoms with Gasteiger partial charge >= 0.3 is 29.8 Å². The zero-order chi connectivity index (χ0) is 29.9. The van der Waals surface area contributed by atoms with Gasteiger partial charge in [-0.25, -0.2) is 4.79 Å². The number of hydrogen-bond donors (Lipinski definition) is 1. The minimum absolute atomic E-state index is 0.109. The molecule has 2 heterocycles. The molecule has 4 rings (SSSR count). The highest BCUT2D eigenvalue weighted by Gasteiger charge is 2.87. The molecule has 40 heavy (non-hydrogen) atoms. The van der Waals surface area contributed by atoms with Crippen molar-refractivity contribution in [1.82, 2.24) is 0 Å². The summed E-state index contributed by atoms with van der Waals surface area (Å²) < 4.78 is 35.1. The SMILES string of the molecule is CC(=O)O[C@@H]1/C(C)=C\C[C@H]2OC(=O)[C@]3(C)O[C@]23[C@@H](OC(C)=O)[C@@H]2C(C)=C[C@@H](O)[C@@H](OC(C)=O)[C@@]2(C)[C@H]1OC(C)=O. The van der Waals surface area contributed by atoms with Crippen molar-refractivity contribution < 1.29 is 57.5 Å². The van der Waals surface area contributed by atoms with Crippen LogP contribution in [-0.4, -0.2) is 82.8 Å². The number of carbonyl (C=O) groups is 5. The summed E-state index contributed by atoms with van der Waals surface area (Å²) in [6.07, 6.45) is -4.21. The molecule has 0 aromatic rings. The predicted octanol–water partition coefficient (Wildman–Crippen LogP) is 1.46. The summed E-state index contributed by atoms with van der Waals surface area (Å²) in [5.41, 5.74) is -3.59. The molecule has 2 fully saturated rings. The lowest BCUT2D eigenvalue weighted by molar-refractivity contribution is -0.221. The molecular weight excluding hydrogens is 528 g/mol. The molecule has 0 aromatic carbocycles. The lowest BCUT2D eigenvalue weighted by Gasteiger charge is -2.55. The van der Waals surface area contributed by atoms with E-state index < -0.39 is 89.0 Å². The average molecular weight is 565 g/mol. The van der Waals surface area contributed by atoms with Crippen molar-refractivity contribution >= 4 is 29.8 Å². The van der Waals surface area contributed by atoms with Crippen LogP contribution >= 0.6 is 0 Å². The van der Waals surface area contributed by atoms with Crippen LogP contribution in [0.15, 0.2) is 23.3 Å². The van der Waals surface area contributed by atoms with Gasteiger partial charge in [-0.15, -0.1) is 0 Å². The Bertz CT molecular complexity index is 1200. The molecule has 0 bridgehead atoms. The van der Waals surface area contributed by atoms with E-state index >= 15 is 0 Å². The summed E-state index contributed by atoms with van der Waals surface area (Å²) in [5.74, 6) is -4.47. The lowest BCUT2D eigenvalue weighted by atomic mass is 9.55. The van der Waals surface area contributed by atoms with Gasteiger partial charge in [-0.05, 0) is 26.3 Å². The fourth-order valence-corrected chi connectivity index (χ4v) is 6.98. The highest BCUT2D eigenvalue weighted by molar-refractivity contribution is 5.88. The molecule has 12 nitrogen and oxygen atoms in total. The minimum Gasteiger partial charge on any atom is -0.459 e. The number of esters is 5. The summed E-state index contributed by atoms with van der Waals surface area (Å²) in [6.45, 7) is 11.2. The molecule has 0 aromatic heterocycles. The molecule has 0 radical (unpaired) electrons. The van der Waals surface area contributed by atoms with Gasteiger partial charge in [-0.1, -0.05) is 24.6 Å². The number of ether oxygens (including phenoxy) is 6. The Hall–Kier alpha value is -3.25. The van der Waals surface area contributed by atoms with Crippen molar-refractivity contribution in [2.75, 3.05) is 0 Å². The van der Waals surface area contributed by atoms with Crippen molar-refractivity contribution in [2.24, 2.45) is 11.3 Å². The van der Waals surface area contributed by atoms with Gasteiger partial charge in [-0.3, -0.25) is 19.2 Å².